The molecule has 0 radical (unpaired) electrons. The molecule has 0 aromatic rings. The van der Waals surface area contributed by atoms with Gasteiger partial charge in [-0.2, -0.15) is 26.3 Å². The molecule has 25 heavy (non-hydrogen) atoms. The Kier molecular flexibility index (Phi) is 5.09. The molecule has 2 aliphatic carbocycles. The van der Waals surface area contributed by atoms with Crippen LogP contribution in [-0.2, 0) is 4.74 Å². The molecule has 2 fully saturated rings. The second kappa shape index (κ2) is 6.17. The van der Waals surface area contributed by atoms with Gasteiger partial charge in [-0.3, -0.25) is 0 Å². The molecule has 11 heteroatoms. The van der Waals surface area contributed by atoms with Crippen molar-refractivity contribution in [2.45, 2.75) is 49.7 Å². The highest BCUT2D eigenvalue weighted by Gasteiger charge is 2.71. The summed E-state index contributed by atoms with van der Waals surface area (Å²) in [6, 6.07) is 0. The zero-order valence-corrected chi connectivity index (χ0v) is 13.0. The smallest absolute Gasteiger partial charge is 0.374 e. The van der Waals surface area contributed by atoms with Crippen molar-refractivity contribution in [1.29, 1.82) is 0 Å². The number of ether oxygens (including phenoxy) is 1. The predicted octanol–water partition coefficient (Wildman–Crippen LogP) is 4.12. The minimum atomic E-state index is -6.00. The van der Waals surface area contributed by atoms with Crippen LogP contribution >= 0.6 is 0 Å². The van der Waals surface area contributed by atoms with Crippen LogP contribution in [0, 0.1) is 23.7 Å². The molecule has 0 aromatic carbocycles. The minimum Gasteiger partial charge on any atom is -0.374 e. The Labute approximate surface area is 137 Å². The van der Waals surface area contributed by atoms with Crippen LogP contribution in [-0.4, -0.2) is 48.4 Å². The molecule has 0 aromatic heterocycles. The molecular formula is C14H17F9O2. The van der Waals surface area contributed by atoms with E-state index in [2.05, 4.69) is 0 Å². The van der Waals surface area contributed by atoms with Crippen LogP contribution in [0.4, 0.5) is 39.5 Å². The first-order valence-electron chi connectivity index (χ1n) is 7.57. The van der Waals surface area contributed by atoms with Crippen LogP contribution in [0.3, 0.4) is 0 Å². The molecule has 0 aliphatic heterocycles. The van der Waals surface area contributed by atoms with E-state index in [0.717, 1.165) is 0 Å². The third-order valence-electron chi connectivity index (χ3n) is 5.45. The normalized spacial score (nSPS) is 34.0. The summed E-state index contributed by atoms with van der Waals surface area (Å²) in [6.45, 7) is -2.59. The highest BCUT2D eigenvalue weighted by atomic mass is 19.4. The van der Waals surface area contributed by atoms with E-state index in [0.29, 0.717) is 0 Å². The lowest BCUT2D eigenvalue weighted by atomic mass is 9.75. The van der Waals surface area contributed by atoms with Crippen molar-refractivity contribution in [3.8, 4) is 0 Å². The summed E-state index contributed by atoms with van der Waals surface area (Å²) in [4.78, 5) is 0. The molecule has 2 saturated carbocycles. The van der Waals surface area contributed by atoms with Crippen LogP contribution in [0.25, 0.3) is 0 Å². The lowest BCUT2D eigenvalue weighted by molar-refractivity contribution is -0.380. The van der Waals surface area contributed by atoms with Crippen LogP contribution in [0.5, 0.6) is 0 Å². The van der Waals surface area contributed by atoms with Gasteiger partial charge in [0, 0.05) is 5.92 Å². The van der Waals surface area contributed by atoms with Crippen molar-refractivity contribution in [2.24, 2.45) is 23.7 Å². The van der Waals surface area contributed by atoms with E-state index in [1.165, 1.54) is 6.92 Å². The molecular weight excluding hydrogens is 371 g/mol. The van der Waals surface area contributed by atoms with Gasteiger partial charge in [0.25, 0.3) is 11.5 Å². The van der Waals surface area contributed by atoms with Crippen molar-refractivity contribution in [3.63, 3.8) is 0 Å². The Bertz CT molecular complexity index is 472. The first-order valence-corrected chi connectivity index (χ1v) is 7.57. The zero-order valence-electron chi connectivity index (χ0n) is 13.0. The Morgan fingerprint density at radius 1 is 0.960 bits per heavy atom. The van der Waals surface area contributed by atoms with Gasteiger partial charge in [-0.05, 0) is 30.6 Å². The molecule has 2 bridgehead atoms. The van der Waals surface area contributed by atoms with E-state index < -0.39 is 66.9 Å². The van der Waals surface area contributed by atoms with Crippen molar-refractivity contribution >= 4 is 0 Å². The number of alkyl halides is 9. The summed E-state index contributed by atoms with van der Waals surface area (Å²) in [5, 5.41) is 9.06. The summed E-state index contributed by atoms with van der Waals surface area (Å²) in [5.74, 6) is -7.20. The van der Waals surface area contributed by atoms with Crippen molar-refractivity contribution in [3.05, 3.63) is 0 Å². The number of aliphatic hydroxyl groups is 1. The van der Waals surface area contributed by atoms with Crippen LogP contribution < -0.4 is 0 Å². The van der Waals surface area contributed by atoms with Crippen molar-refractivity contribution < 1.29 is 49.4 Å². The molecule has 0 spiro atoms. The van der Waals surface area contributed by atoms with Gasteiger partial charge in [0.15, 0.2) is 6.67 Å². The van der Waals surface area contributed by atoms with E-state index in [1.807, 2.05) is 0 Å². The highest BCUT2D eigenvalue weighted by Crippen LogP contribution is 2.58. The Hall–Kier alpha value is -0.710. The van der Waals surface area contributed by atoms with E-state index in [-0.39, 0.29) is 12.8 Å². The predicted molar refractivity (Wildman–Crippen MR) is 66.6 cm³/mol. The van der Waals surface area contributed by atoms with Crippen LogP contribution in [0.2, 0.25) is 0 Å². The lowest BCUT2D eigenvalue weighted by Crippen LogP contribution is -2.60. The molecule has 1 N–H and O–H groups in total. The fraction of sp³-hybridized carbons (Fsp3) is 1.00. The first-order chi connectivity index (χ1) is 11.2. The fourth-order valence-corrected chi connectivity index (χ4v) is 4.18. The second-order valence-corrected chi connectivity index (χ2v) is 6.88. The van der Waals surface area contributed by atoms with Gasteiger partial charge in [0.05, 0.1) is 12.7 Å². The summed E-state index contributed by atoms with van der Waals surface area (Å²) < 4.78 is 120. The van der Waals surface area contributed by atoms with Gasteiger partial charge >= 0.3 is 12.4 Å². The minimum absolute atomic E-state index is 0.114. The number of rotatable bonds is 5. The van der Waals surface area contributed by atoms with Gasteiger partial charge in [0.2, 0.25) is 0 Å². The molecule has 0 heterocycles. The van der Waals surface area contributed by atoms with Crippen LogP contribution in [0.1, 0.15) is 19.8 Å². The maximum Gasteiger partial charge on any atom is 0.428 e. The quantitative estimate of drug-likeness (QED) is 0.718. The van der Waals surface area contributed by atoms with Gasteiger partial charge in [-0.1, -0.05) is 6.92 Å². The number of hydrogen-bond donors (Lipinski definition) is 1. The maximum atomic E-state index is 13.6. The number of halogens is 9. The van der Waals surface area contributed by atoms with Gasteiger partial charge in [0.1, 0.15) is 0 Å². The monoisotopic (exact) mass is 388 g/mol. The van der Waals surface area contributed by atoms with Crippen molar-refractivity contribution in [2.75, 3.05) is 13.3 Å². The molecule has 2 aliphatic rings. The Morgan fingerprint density at radius 3 is 1.88 bits per heavy atom. The topological polar surface area (TPSA) is 29.5 Å². The molecule has 5 unspecified atom stereocenters. The average molecular weight is 388 g/mol. The molecule has 5 atom stereocenters. The van der Waals surface area contributed by atoms with E-state index >= 15 is 0 Å². The van der Waals surface area contributed by atoms with Crippen LogP contribution in [0.15, 0.2) is 0 Å². The van der Waals surface area contributed by atoms with E-state index in [1.54, 1.807) is 0 Å². The lowest BCUT2D eigenvalue weighted by Gasteiger charge is -2.38. The summed E-state index contributed by atoms with van der Waals surface area (Å²) in [5.41, 5.74) is -5.03. The molecule has 0 amide bonds. The standard InChI is InChI=1S/C14H17F9O2/c1-6-8-2-7(10(6)11(16,17)4-15)3-9(8)25-5-12(24,13(18,19)20)14(21,22)23/h6-10,24H,2-5H2,1H3. The Morgan fingerprint density at radius 2 is 1.48 bits per heavy atom. The number of fused-ring (bicyclic) bond motifs is 2. The summed E-state index contributed by atoms with van der Waals surface area (Å²) in [6.07, 6.45) is -13.2. The van der Waals surface area contributed by atoms with Gasteiger partial charge in [-0.15, -0.1) is 0 Å². The summed E-state index contributed by atoms with van der Waals surface area (Å²) in [7, 11) is 0. The number of hydrogen-bond acceptors (Lipinski definition) is 2. The third-order valence-corrected chi connectivity index (χ3v) is 5.45. The molecule has 2 rings (SSSR count). The third kappa shape index (κ3) is 3.33. The largest absolute Gasteiger partial charge is 0.428 e. The van der Waals surface area contributed by atoms with Crippen molar-refractivity contribution in [1.82, 2.24) is 0 Å². The molecule has 0 saturated heterocycles. The fourth-order valence-electron chi connectivity index (χ4n) is 4.18. The highest BCUT2D eigenvalue weighted by molar-refractivity contribution is 5.05. The molecule has 2 nitrogen and oxygen atoms in total. The SMILES string of the molecule is CC1C2CC(CC2OCC(O)(C(F)(F)F)C(F)(F)F)C1C(F)(F)CF. The Balaban J connectivity index is 2.08. The average Bonchev–Trinajstić information content (AvgIpc) is 2.99. The summed E-state index contributed by atoms with van der Waals surface area (Å²) >= 11 is 0. The second-order valence-electron chi connectivity index (χ2n) is 6.88. The van der Waals surface area contributed by atoms with Gasteiger partial charge in [-0.25, -0.2) is 13.2 Å². The van der Waals surface area contributed by atoms with Gasteiger partial charge < -0.3 is 9.84 Å². The van der Waals surface area contributed by atoms with E-state index in [4.69, 9.17) is 9.84 Å². The molecule has 148 valence electrons. The first kappa shape index (κ1) is 20.6. The van der Waals surface area contributed by atoms with E-state index in [9.17, 15) is 39.5 Å². The zero-order chi connectivity index (χ0) is 19.4. The maximum absolute atomic E-state index is 13.6.